The standard InChI is InChI=1S/C13H15ClO/c1-13(2,3)10-9-7-5-4-6-8(14)11(7)15-12(9)10/h4-6,9-10,12H,1-3H3. The summed E-state index contributed by atoms with van der Waals surface area (Å²) in [4.78, 5) is 0. The van der Waals surface area contributed by atoms with Crippen LogP contribution in [0.25, 0.3) is 0 Å². The third-order valence-electron chi connectivity index (χ3n) is 3.56. The van der Waals surface area contributed by atoms with Crippen LogP contribution in [0.15, 0.2) is 18.2 Å². The van der Waals surface area contributed by atoms with Gasteiger partial charge in [0.1, 0.15) is 11.9 Å². The molecule has 3 atom stereocenters. The van der Waals surface area contributed by atoms with Gasteiger partial charge in [-0.25, -0.2) is 0 Å². The Balaban J connectivity index is 1.98. The van der Waals surface area contributed by atoms with Crippen LogP contribution in [0.4, 0.5) is 0 Å². The van der Waals surface area contributed by atoms with E-state index in [1.165, 1.54) is 5.56 Å². The molecule has 2 aliphatic rings. The van der Waals surface area contributed by atoms with Crippen molar-refractivity contribution in [3.63, 3.8) is 0 Å². The fourth-order valence-electron chi connectivity index (χ4n) is 2.88. The highest BCUT2D eigenvalue weighted by atomic mass is 35.5. The van der Waals surface area contributed by atoms with Gasteiger partial charge in [0.2, 0.25) is 0 Å². The number of halogens is 1. The van der Waals surface area contributed by atoms with Crippen LogP contribution in [0.2, 0.25) is 5.02 Å². The number of fused-ring (bicyclic) bond motifs is 3. The Morgan fingerprint density at radius 3 is 2.67 bits per heavy atom. The molecule has 15 heavy (non-hydrogen) atoms. The van der Waals surface area contributed by atoms with E-state index in [4.69, 9.17) is 16.3 Å². The molecule has 3 rings (SSSR count). The zero-order valence-corrected chi connectivity index (χ0v) is 10.0. The molecule has 1 saturated carbocycles. The molecule has 0 radical (unpaired) electrons. The molecule has 0 aromatic heterocycles. The minimum absolute atomic E-state index is 0.329. The van der Waals surface area contributed by atoms with Gasteiger partial charge in [0, 0.05) is 17.4 Å². The van der Waals surface area contributed by atoms with Crippen LogP contribution >= 0.6 is 11.6 Å². The van der Waals surface area contributed by atoms with E-state index in [1.54, 1.807) is 0 Å². The second-order valence-electron chi connectivity index (χ2n) is 5.66. The van der Waals surface area contributed by atoms with E-state index in [-0.39, 0.29) is 0 Å². The quantitative estimate of drug-likeness (QED) is 0.648. The average molecular weight is 223 g/mol. The van der Waals surface area contributed by atoms with Crippen molar-refractivity contribution in [1.29, 1.82) is 0 Å². The maximum atomic E-state index is 6.09. The van der Waals surface area contributed by atoms with Gasteiger partial charge in [-0.2, -0.15) is 0 Å². The maximum Gasteiger partial charge on any atom is 0.141 e. The number of rotatable bonds is 0. The fraction of sp³-hybridized carbons (Fsp3) is 0.538. The topological polar surface area (TPSA) is 9.23 Å². The number of para-hydroxylation sites is 1. The molecule has 1 nitrogen and oxygen atoms in total. The summed E-state index contributed by atoms with van der Waals surface area (Å²) in [5, 5.41) is 0.757. The Labute approximate surface area is 95.4 Å². The highest BCUT2D eigenvalue weighted by molar-refractivity contribution is 6.32. The normalized spacial score (nSPS) is 31.9. The van der Waals surface area contributed by atoms with Crippen LogP contribution in [-0.4, -0.2) is 6.10 Å². The SMILES string of the molecule is CC(C)(C)C1C2Oc3c(Cl)cccc3C21. The van der Waals surface area contributed by atoms with Crippen molar-refractivity contribution < 1.29 is 4.74 Å². The van der Waals surface area contributed by atoms with E-state index in [2.05, 4.69) is 26.8 Å². The molecule has 1 aromatic rings. The minimum Gasteiger partial charge on any atom is -0.488 e. The number of ether oxygens (including phenoxy) is 1. The minimum atomic E-state index is 0.329. The molecule has 1 aliphatic carbocycles. The van der Waals surface area contributed by atoms with E-state index >= 15 is 0 Å². The summed E-state index contributed by atoms with van der Waals surface area (Å²) >= 11 is 6.09. The summed E-state index contributed by atoms with van der Waals surface area (Å²) in [5.74, 6) is 2.16. The second-order valence-corrected chi connectivity index (χ2v) is 6.07. The van der Waals surface area contributed by atoms with E-state index in [0.717, 1.165) is 10.8 Å². The summed E-state index contributed by atoms with van der Waals surface area (Å²) in [6.07, 6.45) is 0.375. The predicted molar refractivity (Wildman–Crippen MR) is 61.6 cm³/mol. The van der Waals surface area contributed by atoms with E-state index in [0.29, 0.717) is 23.4 Å². The van der Waals surface area contributed by atoms with E-state index in [9.17, 15) is 0 Å². The highest BCUT2D eigenvalue weighted by Crippen LogP contribution is 2.65. The summed E-state index contributed by atoms with van der Waals surface area (Å²) in [7, 11) is 0. The lowest BCUT2D eigenvalue weighted by Crippen LogP contribution is -2.15. The van der Waals surface area contributed by atoms with Gasteiger partial charge in [-0.1, -0.05) is 44.5 Å². The van der Waals surface area contributed by atoms with Crippen molar-refractivity contribution in [3.8, 4) is 5.75 Å². The van der Waals surface area contributed by atoms with Gasteiger partial charge in [0.15, 0.2) is 0 Å². The first-order valence-corrected chi connectivity index (χ1v) is 5.83. The maximum absolute atomic E-state index is 6.09. The summed E-state index contributed by atoms with van der Waals surface area (Å²) < 4.78 is 5.92. The second kappa shape index (κ2) is 2.70. The van der Waals surface area contributed by atoms with Gasteiger partial charge in [-0.15, -0.1) is 0 Å². The van der Waals surface area contributed by atoms with Gasteiger partial charge in [-0.05, 0) is 11.5 Å². The molecule has 0 spiro atoms. The Kier molecular flexibility index (Phi) is 1.72. The first kappa shape index (κ1) is 9.53. The van der Waals surface area contributed by atoms with Crippen LogP contribution in [-0.2, 0) is 0 Å². The fourth-order valence-corrected chi connectivity index (χ4v) is 3.11. The van der Waals surface area contributed by atoms with Crippen molar-refractivity contribution in [2.24, 2.45) is 11.3 Å². The number of benzene rings is 1. The zero-order chi connectivity index (χ0) is 10.8. The van der Waals surface area contributed by atoms with Crippen molar-refractivity contribution in [2.45, 2.75) is 32.8 Å². The van der Waals surface area contributed by atoms with Gasteiger partial charge >= 0.3 is 0 Å². The van der Waals surface area contributed by atoms with Crippen LogP contribution < -0.4 is 4.74 Å². The molecule has 1 heterocycles. The smallest absolute Gasteiger partial charge is 0.141 e. The van der Waals surface area contributed by atoms with Crippen LogP contribution in [0.1, 0.15) is 32.3 Å². The molecule has 2 heteroatoms. The molecule has 3 unspecified atom stereocenters. The Hall–Kier alpha value is -0.690. The predicted octanol–water partition coefficient (Wildman–Crippen LogP) is 3.86. The molecule has 0 amide bonds. The van der Waals surface area contributed by atoms with Crippen LogP contribution in [0.5, 0.6) is 5.75 Å². The molecular formula is C13H15ClO. The first-order chi connectivity index (χ1) is 7.00. The largest absolute Gasteiger partial charge is 0.488 e. The van der Waals surface area contributed by atoms with Crippen molar-refractivity contribution >= 4 is 11.6 Å². The van der Waals surface area contributed by atoms with Gasteiger partial charge in [0.05, 0.1) is 5.02 Å². The number of hydrogen-bond acceptors (Lipinski definition) is 1. The van der Waals surface area contributed by atoms with Crippen LogP contribution in [0.3, 0.4) is 0 Å². The van der Waals surface area contributed by atoms with Crippen molar-refractivity contribution in [3.05, 3.63) is 28.8 Å². The molecule has 80 valence electrons. The Bertz CT molecular complexity index is 419. The lowest BCUT2D eigenvalue weighted by molar-refractivity contribution is 0.230. The average Bonchev–Trinajstić information content (AvgIpc) is 2.73. The summed E-state index contributed by atoms with van der Waals surface area (Å²) in [6, 6.07) is 6.07. The third-order valence-corrected chi connectivity index (χ3v) is 3.86. The first-order valence-electron chi connectivity index (χ1n) is 5.45. The highest BCUT2D eigenvalue weighted by Gasteiger charge is 2.63. The van der Waals surface area contributed by atoms with Gasteiger partial charge in [0.25, 0.3) is 0 Å². The molecule has 0 saturated heterocycles. The third kappa shape index (κ3) is 1.22. The lowest BCUT2D eigenvalue weighted by Gasteiger charge is -2.21. The summed E-state index contributed by atoms with van der Waals surface area (Å²) in [5.41, 5.74) is 1.64. The zero-order valence-electron chi connectivity index (χ0n) is 9.25. The monoisotopic (exact) mass is 222 g/mol. The Morgan fingerprint density at radius 2 is 2.00 bits per heavy atom. The molecule has 0 bridgehead atoms. The van der Waals surface area contributed by atoms with Gasteiger partial charge < -0.3 is 4.74 Å². The Morgan fingerprint density at radius 1 is 1.27 bits per heavy atom. The molecule has 1 fully saturated rings. The van der Waals surface area contributed by atoms with E-state index < -0.39 is 0 Å². The molecule has 1 aliphatic heterocycles. The van der Waals surface area contributed by atoms with Crippen molar-refractivity contribution in [2.75, 3.05) is 0 Å². The molecular weight excluding hydrogens is 208 g/mol. The molecule has 1 aromatic carbocycles. The van der Waals surface area contributed by atoms with Crippen molar-refractivity contribution in [1.82, 2.24) is 0 Å². The lowest BCUT2D eigenvalue weighted by atomic mass is 9.87. The summed E-state index contributed by atoms with van der Waals surface area (Å²) in [6.45, 7) is 6.84. The van der Waals surface area contributed by atoms with Crippen LogP contribution in [0, 0.1) is 11.3 Å². The number of hydrogen-bond donors (Lipinski definition) is 0. The van der Waals surface area contributed by atoms with E-state index in [1.807, 2.05) is 12.1 Å². The molecule has 0 N–H and O–H groups in total. The van der Waals surface area contributed by atoms with Gasteiger partial charge in [-0.3, -0.25) is 0 Å².